The van der Waals surface area contributed by atoms with Gasteiger partial charge < -0.3 is 10.1 Å². The van der Waals surface area contributed by atoms with Crippen molar-refractivity contribution < 1.29 is 17.9 Å². The molecule has 2 atom stereocenters. The number of halogens is 3. The number of aromatic nitrogens is 1. The van der Waals surface area contributed by atoms with Gasteiger partial charge in [0.15, 0.2) is 0 Å². The second-order valence-corrected chi connectivity index (χ2v) is 4.48. The topological polar surface area (TPSA) is 34.2 Å². The van der Waals surface area contributed by atoms with E-state index in [9.17, 15) is 13.2 Å². The normalized spacial score (nSPS) is 24.9. The van der Waals surface area contributed by atoms with Crippen LogP contribution in [-0.2, 0) is 10.9 Å². The Morgan fingerprint density at radius 2 is 2.17 bits per heavy atom. The summed E-state index contributed by atoms with van der Waals surface area (Å²) < 4.78 is 42.4. The summed E-state index contributed by atoms with van der Waals surface area (Å²) >= 11 is 0. The molecule has 2 rings (SSSR count). The van der Waals surface area contributed by atoms with E-state index in [2.05, 4.69) is 10.3 Å². The lowest BCUT2D eigenvalue weighted by Gasteiger charge is -2.28. The minimum absolute atomic E-state index is 0.179. The fourth-order valence-electron chi connectivity index (χ4n) is 2.01. The average molecular weight is 260 g/mol. The van der Waals surface area contributed by atoms with Gasteiger partial charge in [-0.05, 0) is 31.9 Å². The SMILES string of the molecule is CC1CC(Nc2ccc(C(F)(F)F)nc2)CCO1. The van der Waals surface area contributed by atoms with E-state index in [1.165, 1.54) is 12.3 Å². The van der Waals surface area contributed by atoms with E-state index in [0.717, 1.165) is 18.9 Å². The smallest absolute Gasteiger partial charge is 0.381 e. The number of nitrogens with zero attached hydrogens (tertiary/aromatic N) is 1. The molecule has 100 valence electrons. The quantitative estimate of drug-likeness (QED) is 0.887. The van der Waals surface area contributed by atoms with Crippen LogP contribution in [0.25, 0.3) is 0 Å². The molecule has 1 aromatic heterocycles. The predicted octanol–water partition coefficient (Wildman–Crippen LogP) is 3.08. The molecular weight excluding hydrogens is 245 g/mol. The number of nitrogens with one attached hydrogen (secondary N) is 1. The van der Waals surface area contributed by atoms with Crippen LogP contribution in [0, 0.1) is 0 Å². The zero-order chi connectivity index (χ0) is 13.2. The molecule has 1 fully saturated rings. The van der Waals surface area contributed by atoms with Crippen molar-refractivity contribution in [2.45, 2.75) is 38.1 Å². The number of ether oxygens (including phenoxy) is 1. The van der Waals surface area contributed by atoms with E-state index in [0.29, 0.717) is 12.3 Å². The van der Waals surface area contributed by atoms with Crippen LogP contribution in [-0.4, -0.2) is 23.7 Å². The Kier molecular flexibility index (Phi) is 3.75. The number of alkyl halides is 3. The minimum atomic E-state index is -4.38. The van der Waals surface area contributed by atoms with Crippen LogP contribution in [0.2, 0.25) is 0 Å². The summed E-state index contributed by atoms with van der Waals surface area (Å²) in [7, 11) is 0. The Balaban J connectivity index is 1.98. The molecule has 1 N–H and O–H groups in total. The van der Waals surface area contributed by atoms with E-state index in [4.69, 9.17) is 4.74 Å². The zero-order valence-corrected chi connectivity index (χ0v) is 10.00. The van der Waals surface area contributed by atoms with Crippen molar-refractivity contribution in [1.29, 1.82) is 0 Å². The summed E-state index contributed by atoms with van der Waals surface area (Å²) in [5.74, 6) is 0. The largest absolute Gasteiger partial charge is 0.433 e. The van der Waals surface area contributed by atoms with Crippen molar-refractivity contribution in [2.24, 2.45) is 0 Å². The van der Waals surface area contributed by atoms with Gasteiger partial charge in [0.25, 0.3) is 0 Å². The fraction of sp³-hybridized carbons (Fsp3) is 0.583. The van der Waals surface area contributed by atoms with Gasteiger partial charge in [-0.2, -0.15) is 13.2 Å². The van der Waals surface area contributed by atoms with Crippen molar-refractivity contribution in [3.05, 3.63) is 24.0 Å². The van der Waals surface area contributed by atoms with Crippen LogP contribution in [0.15, 0.2) is 18.3 Å². The molecule has 3 nitrogen and oxygen atoms in total. The van der Waals surface area contributed by atoms with Gasteiger partial charge >= 0.3 is 6.18 Å². The summed E-state index contributed by atoms with van der Waals surface area (Å²) in [6.45, 7) is 2.66. The van der Waals surface area contributed by atoms with Gasteiger partial charge in [0.05, 0.1) is 18.0 Å². The molecule has 0 saturated carbocycles. The maximum atomic E-state index is 12.3. The van der Waals surface area contributed by atoms with Crippen LogP contribution in [0.5, 0.6) is 0 Å². The fourth-order valence-corrected chi connectivity index (χ4v) is 2.01. The van der Waals surface area contributed by atoms with Crippen LogP contribution in [0.4, 0.5) is 18.9 Å². The molecule has 6 heteroatoms. The molecule has 1 aromatic rings. The summed E-state index contributed by atoms with van der Waals surface area (Å²) in [5, 5.41) is 3.18. The lowest BCUT2D eigenvalue weighted by molar-refractivity contribution is -0.141. The van der Waals surface area contributed by atoms with Gasteiger partial charge in [-0.15, -0.1) is 0 Å². The molecule has 2 heterocycles. The molecule has 1 aliphatic heterocycles. The third kappa shape index (κ3) is 3.35. The van der Waals surface area contributed by atoms with Crippen LogP contribution >= 0.6 is 0 Å². The summed E-state index contributed by atoms with van der Waals surface area (Å²) in [6.07, 6.45) is -1.28. The highest BCUT2D eigenvalue weighted by atomic mass is 19.4. The van der Waals surface area contributed by atoms with Crippen LogP contribution < -0.4 is 5.32 Å². The lowest BCUT2D eigenvalue weighted by atomic mass is 10.0. The Hall–Kier alpha value is -1.30. The number of rotatable bonds is 2. The first-order chi connectivity index (χ1) is 8.45. The van der Waals surface area contributed by atoms with Gasteiger partial charge in [0.2, 0.25) is 0 Å². The van der Waals surface area contributed by atoms with E-state index in [1.54, 1.807) is 0 Å². The van der Waals surface area contributed by atoms with Crippen molar-refractivity contribution in [3.8, 4) is 0 Å². The number of anilines is 1. The minimum Gasteiger partial charge on any atom is -0.381 e. The van der Waals surface area contributed by atoms with Gasteiger partial charge in [-0.1, -0.05) is 0 Å². The molecule has 0 bridgehead atoms. The van der Waals surface area contributed by atoms with Crippen molar-refractivity contribution >= 4 is 5.69 Å². The first kappa shape index (κ1) is 13.1. The van der Waals surface area contributed by atoms with Crippen molar-refractivity contribution in [1.82, 2.24) is 4.98 Å². The molecule has 1 aliphatic rings. The second kappa shape index (κ2) is 5.14. The third-order valence-corrected chi connectivity index (χ3v) is 2.91. The average Bonchev–Trinajstić information content (AvgIpc) is 2.28. The van der Waals surface area contributed by atoms with E-state index < -0.39 is 11.9 Å². The molecule has 0 spiro atoms. The number of hydrogen-bond donors (Lipinski definition) is 1. The molecule has 0 radical (unpaired) electrons. The third-order valence-electron chi connectivity index (χ3n) is 2.91. The van der Waals surface area contributed by atoms with Gasteiger partial charge in [-0.25, -0.2) is 4.98 Å². The Morgan fingerprint density at radius 1 is 1.39 bits per heavy atom. The maximum absolute atomic E-state index is 12.3. The van der Waals surface area contributed by atoms with Gasteiger partial charge in [0.1, 0.15) is 5.69 Å². The van der Waals surface area contributed by atoms with Crippen molar-refractivity contribution in [3.63, 3.8) is 0 Å². The summed E-state index contributed by atoms with van der Waals surface area (Å²) in [4.78, 5) is 3.42. The molecule has 0 aliphatic carbocycles. The maximum Gasteiger partial charge on any atom is 0.433 e. The van der Waals surface area contributed by atoms with Crippen LogP contribution in [0.3, 0.4) is 0 Å². The van der Waals surface area contributed by atoms with Crippen LogP contribution in [0.1, 0.15) is 25.5 Å². The molecule has 0 aromatic carbocycles. The number of hydrogen-bond acceptors (Lipinski definition) is 3. The van der Waals surface area contributed by atoms with Crippen molar-refractivity contribution in [2.75, 3.05) is 11.9 Å². The van der Waals surface area contributed by atoms with E-state index >= 15 is 0 Å². The lowest BCUT2D eigenvalue weighted by Crippen LogP contribution is -2.32. The standard InChI is InChI=1S/C12H15F3N2O/c1-8-6-9(4-5-18-8)17-10-2-3-11(16-7-10)12(13,14)15/h2-3,7-9,17H,4-6H2,1H3. The van der Waals surface area contributed by atoms with Gasteiger partial charge in [-0.3, -0.25) is 0 Å². The zero-order valence-electron chi connectivity index (χ0n) is 10.00. The Labute approximate surface area is 103 Å². The van der Waals surface area contributed by atoms with Gasteiger partial charge in [0, 0.05) is 12.6 Å². The highest BCUT2D eigenvalue weighted by Crippen LogP contribution is 2.28. The molecule has 0 amide bonds. The Bertz CT molecular complexity index is 391. The highest BCUT2D eigenvalue weighted by Gasteiger charge is 2.32. The highest BCUT2D eigenvalue weighted by molar-refractivity contribution is 5.42. The molecule has 1 saturated heterocycles. The van der Waals surface area contributed by atoms with E-state index in [1.807, 2.05) is 6.92 Å². The molecule has 18 heavy (non-hydrogen) atoms. The molecule has 2 unspecified atom stereocenters. The predicted molar refractivity (Wildman–Crippen MR) is 61.3 cm³/mol. The molecular formula is C12H15F3N2O. The summed E-state index contributed by atoms with van der Waals surface area (Å²) in [5.41, 5.74) is -0.254. The summed E-state index contributed by atoms with van der Waals surface area (Å²) in [6, 6.07) is 2.63. The second-order valence-electron chi connectivity index (χ2n) is 4.48. The first-order valence-electron chi connectivity index (χ1n) is 5.86. The first-order valence-corrected chi connectivity index (χ1v) is 5.86. The monoisotopic (exact) mass is 260 g/mol. The number of pyridine rings is 1. The Morgan fingerprint density at radius 3 is 2.72 bits per heavy atom. The van der Waals surface area contributed by atoms with E-state index in [-0.39, 0.29) is 12.1 Å².